The second-order valence-corrected chi connectivity index (χ2v) is 5.56. The molecule has 15 heavy (non-hydrogen) atoms. The van der Waals surface area contributed by atoms with Crippen LogP contribution in [0.5, 0.6) is 0 Å². The number of thioether (sulfide) groups is 1. The molecule has 0 saturated heterocycles. The highest BCUT2D eigenvalue weighted by molar-refractivity contribution is 7.99. The number of halogens is 1. The summed E-state index contributed by atoms with van der Waals surface area (Å²) >= 11 is 7.56. The topological polar surface area (TPSA) is 24.9 Å². The monoisotopic (exact) mass is 244 g/mol. The zero-order valence-corrected chi connectivity index (χ0v) is 10.9. The first kappa shape index (κ1) is 12.8. The molecule has 2 unspecified atom stereocenters. The van der Waals surface area contributed by atoms with Crippen LogP contribution in [0.3, 0.4) is 0 Å². The number of hydrogen-bond donors (Lipinski definition) is 1. The molecule has 1 aromatic heterocycles. The van der Waals surface area contributed by atoms with Gasteiger partial charge in [0.2, 0.25) is 0 Å². The van der Waals surface area contributed by atoms with Crippen molar-refractivity contribution in [3.05, 3.63) is 23.4 Å². The van der Waals surface area contributed by atoms with Gasteiger partial charge in [-0.25, -0.2) is 4.98 Å². The van der Waals surface area contributed by atoms with Crippen molar-refractivity contribution in [1.82, 2.24) is 10.3 Å². The second-order valence-electron chi connectivity index (χ2n) is 3.67. The molecule has 1 aromatic rings. The zero-order chi connectivity index (χ0) is 11.3. The lowest BCUT2D eigenvalue weighted by atomic mass is 10.2. The fraction of sp³-hybridized carbons (Fsp3) is 0.545. The van der Waals surface area contributed by atoms with E-state index in [0.717, 1.165) is 11.4 Å². The molecule has 0 saturated carbocycles. The Hall–Kier alpha value is -0.250. The van der Waals surface area contributed by atoms with Crippen molar-refractivity contribution in [3.8, 4) is 0 Å². The largest absolute Gasteiger partial charge is 0.317 e. The molecular formula is C11H17ClN2S. The van der Waals surface area contributed by atoms with E-state index in [1.54, 1.807) is 18.0 Å². The van der Waals surface area contributed by atoms with Gasteiger partial charge in [-0.15, -0.1) is 11.8 Å². The standard InChI is InChI=1S/C11H17ClN2S/c1-8(13-3)6-9(2)15-11-5-4-10(12)7-14-11/h4-5,7-9,13H,6H2,1-3H3. The Morgan fingerprint density at radius 2 is 2.20 bits per heavy atom. The molecule has 2 atom stereocenters. The van der Waals surface area contributed by atoms with Crippen LogP contribution in [0.15, 0.2) is 23.4 Å². The SMILES string of the molecule is CNC(C)CC(C)Sc1ccc(Cl)cn1. The van der Waals surface area contributed by atoms with Gasteiger partial charge in [0.05, 0.1) is 10.0 Å². The molecule has 0 spiro atoms. The minimum atomic E-state index is 0.541. The van der Waals surface area contributed by atoms with Gasteiger partial charge in [0.15, 0.2) is 0 Å². The Labute approximate surface area is 101 Å². The van der Waals surface area contributed by atoms with E-state index >= 15 is 0 Å². The third-order valence-corrected chi connectivity index (χ3v) is 3.50. The summed E-state index contributed by atoms with van der Waals surface area (Å²) in [5, 5.41) is 5.52. The van der Waals surface area contributed by atoms with Gasteiger partial charge in [0.1, 0.15) is 0 Å². The summed E-state index contributed by atoms with van der Waals surface area (Å²) in [6.07, 6.45) is 2.82. The van der Waals surface area contributed by atoms with E-state index in [2.05, 4.69) is 24.1 Å². The molecule has 0 aliphatic heterocycles. The van der Waals surface area contributed by atoms with Gasteiger partial charge in [-0.1, -0.05) is 18.5 Å². The lowest BCUT2D eigenvalue weighted by Gasteiger charge is -2.15. The number of aromatic nitrogens is 1. The van der Waals surface area contributed by atoms with Gasteiger partial charge in [0, 0.05) is 17.5 Å². The van der Waals surface area contributed by atoms with Crippen molar-refractivity contribution in [1.29, 1.82) is 0 Å². The van der Waals surface area contributed by atoms with Crippen molar-refractivity contribution in [2.45, 2.75) is 36.6 Å². The Balaban J connectivity index is 2.44. The molecule has 4 heteroatoms. The van der Waals surface area contributed by atoms with Crippen LogP contribution in [-0.4, -0.2) is 23.3 Å². The van der Waals surface area contributed by atoms with Crippen LogP contribution >= 0.6 is 23.4 Å². The Kier molecular flexibility index (Phi) is 5.43. The van der Waals surface area contributed by atoms with E-state index in [1.165, 1.54) is 0 Å². The molecule has 0 bridgehead atoms. The number of rotatable bonds is 5. The van der Waals surface area contributed by atoms with Gasteiger partial charge in [-0.05, 0) is 32.5 Å². The third-order valence-electron chi connectivity index (χ3n) is 2.20. The first-order valence-corrected chi connectivity index (χ1v) is 6.33. The molecule has 1 rings (SSSR count). The minimum absolute atomic E-state index is 0.541. The average molecular weight is 245 g/mol. The molecule has 84 valence electrons. The summed E-state index contributed by atoms with van der Waals surface area (Å²) in [5.74, 6) is 0. The molecule has 0 aromatic carbocycles. The summed E-state index contributed by atoms with van der Waals surface area (Å²) < 4.78 is 0. The summed E-state index contributed by atoms with van der Waals surface area (Å²) in [6.45, 7) is 4.40. The first-order valence-electron chi connectivity index (χ1n) is 5.07. The molecule has 1 heterocycles. The quantitative estimate of drug-likeness (QED) is 0.806. The van der Waals surface area contributed by atoms with Crippen LogP contribution in [0.4, 0.5) is 0 Å². The normalized spacial score (nSPS) is 14.9. The molecule has 0 fully saturated rings. The van der Waals surface area contributed by atoms with Crippen molar-refractivity contribution >= 4 is 23.4 Å². The predicted octanol–water partition coefficient (Wildman–Crippen LogP) is 3.21. The first-order chi connectivity index (χ1) is 7.11. The summed E-state index contributed by atoms with van der Waals surface area (Å²) in [4.78, 5) is 4.26. The maximum absolute atomic E-state index is 5.77. The summed E-state index contributed by atoms with van der Waals surface area (Å²) in [6, 6.07) is 4.39. The molecule has 0 aliphatic carbocycles. The zero-order valence-electron chi connectivity index (χ0n) is 9.33. The fourth-order valence-electron chi connectivity index (χ4n) is 1.30. The van der Waals surface area contributed by atoms with E-state index in [-0.39, 0.29) is 0 Å². The third kappa shape index (κ3) is 4.87. The smallest absolute Gasteiger partial charge is 0.0963 e. The summed E-state index contributed by atoms with van der Waals surface area (Å²) in [5.41, 5.74) is 0. The minimum Gasteiger partial charge on any atom is -0.317 e. The second kappa shape index (κ2) is 6.36. The van der Waals surface area contributed by atoms with E-state index in [4.69, 9.17) is 11.6 Å². The highest BCUT2D eigenvalue weighted by Gasteiger charge is 2.09. The lowest BCUT2D eigenvalue weighted by Crippen LogP contribution is -2.24. The van der Waals surface area contributed by atoms with Gasteiger partial charge in [-0.3, -0.25) is 0 Å². The van der Waals surface area contributed by atoms with Crippen molar-refractivity contribution in [2.24, 2.45) is 0 Å². The maximum atomic E-state index is 5.77. The average Bonchev–Trinajstić information content (AvgIpc) is 2.21. The number of nitrogens with zero attached hydrogens (tertiary/aromatic N) is 1. The molecule has 1 N–H and O–H groups in total. The summed E-state index contributed by atoms with van der Waals surface area (Å²) in [7, 11) is 1.99. The van der Waals surface area contributed by atoms with E-state index in [9.17, 15) is 0 Å². The number of hydrogen-bond acceptors (Lipinski definition) is 3. The van der Waals surface area contributed by atoms with E-state index < -0.39 is 0 Å². The highest BCUT2D eigenvalue weighted by atomic mass is 35.5. The number of nitrogens with one attached hydrogen (secondary N) is 1. The van der Waals surface area contributed by atoms with Crippen LogP contribution in [0.1, 0.15) is 20.3 Å². The molecular weight excluding hydrogens is 228 g/mol. The van der Waals surface area contributed by atoms with E-state index in [0.29, 0.717) is 16.3 Å². The molecule has 0 amide bonds. The van der Waals surface area contributed by atoms with Crippen molar-refractivity contribution < 1.29 is 0 Å². The maximum Gasteiger partial charge on any atom is 0.0963 e. The predicted molar refractivity (Wildman–Crippen MR) is 67.7 cm³/mol. The van der Waals surface area contributed by atoms with Gasteiger partial charge in [-0.2, -0.15) is 0 Å². The lowest BCUT2D eigenvalue weighted by molar-refractivity contribution is 0.564. The fourth-order valence-corrected chi connectivity index (χ4v) is 2.47. The van der Waals surface area contributed by atoms with Gasteiger partial charge in [0.25, 0.3) is 0 Å². The van der Waals surface area contributed by atoms with Gasteiger partial charge < -0.3 is 5.32 Å². The van der Waals surface area contributed by atoms with Crippen LogP contribution < -0.4 is 5.32 Å². The van der Waals surface area contributed by atoms with Crippen LogP contribution in [0.2, 0.25) is 5.02 Å². The number of pyridine rings is 1. The van der Waals surface area contributed by atoms with Crippen molar-refractivity contribution in [3.63, 3.8) is 0 Å². The molecule has 2 nitrogen and oxygen atoms in total. The Bertz CT molecular complexity index is 289. The van der Waals surface area contributed by atoms with E-state index in [1.807, 2.05) is 19.2 Å². The van der Waals surface area contributed by atoms with Crippen molar-refractivity contribution in [2.75, 3.05) is 7.05 Å². The Morgan fingerprint density at radius 1 is 1.47 bits per heavy atom. The van der Waals surface area contributed by atoms with Crippen LogP contribution in [0.25, 0.3) is 0 Å². The van der Waals surface area contributed by atoms with Gasteiger partial charge >= 0.3 is 0 Å². The molecule has 0 aliphatic rings. The highest BCUT2D eigenvalue weighted by Crippen LogP contribution is 2.24. The van der Waals surface area contributed by atoms with Crippen LogP contribution in [0, 0.1) is 0 Å². The van der Waals surface area contributed by atoms with Crippen LogP contribution in [-0.2, 0) is 0 Å². The Morgan fingerprint density at radius 3 is 2.73 bits per heavy atom. The molecule has 0 radical (unpaired) electrons.